The summed E-state index contributed by atoms with van der Waals surface area (Å²) in [4.78, 5) is 54.7. The average Bonchev–Trinajstić information content (AvgIpc) is 3.36. The van der Waals surface area contributed by atoms with Gasteiger partial charge in [0, 0.05) is 36.2 Å². The molecule has 1 aromatic heterocycles. The lowest BCUT2D eigenvalue weighted by Gasteiger charge is -2.35. The summed E-state index contributed by atoms with van der Waals surface area (Å²) in [6.45, 7) is 1.84. The highest BCUT2D eigenvalue weighted by molar-refractivity contribution is 6.12. The van der Waals surface area contributed by atoms with E-state index >= 15 is 0 Å². The molecule has 3 heterocycles. The molecule has 2 aliphatic rings. The Labute approximate surface area is 246 Å². The van der Waals surface area contributed by atoms with Gasteiger partial charge in [0.1, 0.15) is 24.6 Å². The molecule has 0 spiro atoms. The SMILES string of the molecule is Cc1cc(C(=O)N2Cc3cccn3Cc3ccccc32)ccc1CNC(=O)N1CC(=O)N(CC(=O)O)c2cccc(F)c21. The van der Waals surface area contributed by atoms with Crippen LogP contribution in [0.5, 0.6) is 0 Å². The summed E-state index contributed by atoms with van der Waals surface area (Å²) in [5.41, 5.74) is 4.78. The summed E-state index contributed by atoms with van der Waals surface area (Å²) in [7, 11) is 0. The van der Waals surface area contributed by atoms with Gasteiger partial charge in [-0.25, -0.2) is 9.18 Å². The number of amides is 4. The third-order valence-corrected chi connectivity index (χ3v) is 7.79. The van der Waals surface area contributed by atoms with Crippen LogP contribution in [0, 0.1) is 12.7 Å². The summed E-state index contributed by atoms with van der Waals surface area (Å²) in [5, 5.41) is 11.9. The topological polar surface area (TPSA) is 115 Å². The summed E-state index contributed by atoms with van der Waals surface area (Å²) in [6, 6.07) is 20.3. The molecule has 0 bridgehead atoms. The number of aliphatic carboxylic acids is 1. The Balaban J connectivity index is 1.20. The molecule has 0 saturated carbocycles. The molecule has 4 aromatic rings. The number of hydrogen-bond donors (Lipinski definition) is 2. The van der Waals surface area contributed by atoms with Crippen molar-refractivity contribution in [2.75, 3.05) is 27.8 Å². The van der Waals surface area contributed by atoms with Crippen LogP contribution in [0.1, 0.15) is 32.7 Å². The maximum absolute atomic E-state index is 14.9. The Morgan fingerprint density at radius 1 is 0.907 bits per heavy atom. The van der Waals surface area contributed by atoms with Gasteiger partial charge in [-0.15, -0.1) is 0 Å². The van der Waals surface area contributed by atoms with Crippen molar-refractivity contribution in [3.8, 4) is 0 Å². The van der Waals surface area contributed by atoms with E-state index in [1.807, 2.05) is 49.5 Å². The van der Waals surface area contributed by atoms with Gasteiger partial charge >= 0.3 is 12.0 Å². The molecule has 4 amide bonds. The fraction of sp³-hybridized carbons (Fsp3) is 0.188. The number of nitrogens with one attached hydrogen (secondary N) is 1. The minimum atomic E-state index is -1.26. The summed E-state index contributed by atoms with van der Waals surface area (Å²) < 4.78 is 17.0. The van der Waals surface area contributed by atoms with E-state index in [9.17, 15) is 28.7 Å². The van der Waals surface area contributed by atoms with Crippen LogP contribution < -0.4 is 20.0 Å². The number of urea groups is 1. The summed E-state index contributed by atoms with van der Waals surface area (Å²) in [5.74, 6) is -2.80. The summed E-state index contributed by atoms with van der Waals surface area (Å²) >= 11 is 0. The highest BCUT2D eigenvalue weighted by Gasteiger charge is 2.35. The van der Waals surface area contributed by atoms with Gasteiger partial charge in [-0.3, -0.25) is 24.2 Å². The molecule has 3 aromatic carbocycles. The molecule has 11 heteroatoms. The Kier molecular flexibility index (Phi) is 7.14. The van der Waals surface area contributed by atoms with Crippen molar-refractivity contribution in [1.29, 1.82) is 0 Å². The van der Waals surface area contributed by atoms with E-state index in [4.69, 9.17) is 0 Å². The number of carboxylic acid groups (broad SMARTS) is 1. The van der Waals surface area contributed by atoms with Crippen LogP contribution in [0.4, 0.5) is 26.2 Å². The van der Waals surface area contributed by atoms with Crippen LogP contribution in [0.2, 0.25) is 0 Å². The van der Waals surface area contributed by atoms with Gasteiger partial charge in [-0.2, -0.15) is 0 Å². The second-order valence-corrected chi connectivity index (χ2v) is 10.5. The first kappa shape index (κ1) is 27.7. The first-order valence-corrected chi connectivity index (χ1v) is 13.7. The molecule has 2 N–H and O–H groups in total. The predicted molar refractivity (Wildman–Crippen MR) is 158 cm³/mol. The largest absolute Gasteiger partial charge is 0.480 e. The summed E-state index contributed by atoms with van der Waals surface area (Å²) in [6.07, 6.45) is 2.01. The zero-order valence-corrected chi connectivity index (χ0v) is 23.3. The number of carbonyl (C=O) groups excluding carboxylic acids is 3. The maximum atomic E-state index is 14.9. The minimum Gasteiger partial charge on any atom is -0.480 e. The molecule has 0 atom stereocenters. The number of rotatable bonds is 5. The zero-order chi connectivity index (χ0) is 30.2. The number of benzene rings is 3. The number of aryl methyl sites for hydroxylation is 1. The molecule has 0 unspecified atom stereocenters. The third-order valence-electron chi connectivity index (χ3n) is 7.79. The zero-order valence-electron chi connectivity index (χ0n) is 23.3. The van der Waals surface area contributed by atoms with Crippen molar-refractivity contribution in [2.24, 2.45) is 0 Å². The number of carboxylic acids is 1. The van der Waals surface area contributed by atoms with Crippen molar-refractivity contribution in [2.45, 2.75) is 26.6 Å². The molecule has 0 fully saturated rings. The fourth-order valence-electron chi connectivity index (χ4n) is 5.62. The van der Waals surface area contributed by atoms with E-state index in [2.05, 4.69) is 9.88 Å². The van der Waals surface area contributed by atoms with Gasteiger partial charge in [0.15, 0.2) is 0 Å². The molecular formula is C32H28FN5O5. The van der Waals surface area contributed by atoms with E-state index in [-0.39, 0.29) is 23.8 Å². The van der Waals surface area contributed by atoms with Crippen molar-refractivity contribution in [1.82, 2.24) is 9.88 Å². The molecule has 2 aliphatic heterocycles. The van der Waals surface area contributed by atoms with Crippen molar-refractivity contribution < 1.29 is 28.7 Å². The first-order chi connectivity index (χ1) is 20.7. The van der Waals surface area contributed by atoms with Crippen molar-refractivity contribution in [3.05, 3.63) is 113 Å². The second kappa shape index (κ2) is 11.1. The van der Waals surface area contributed by atoms with Crippen LogP contribution >= 0.6 is 0 Å². The smallest absolute Gasteiger partial charge is 0.323 e. The molecule has 218 valence electrons. The van der Waals surface area contributed by atoms with Crippen LogP contribution in [0.3, 0.4) is 0 Å². The van der Waals surface area contributed by atoms with Crippen LogP contribution in [-0.2, 0) is 29.2 Å². The van der Waals surface area contributed by atoms with E-state index in [1.165, 1.54) is 12.1 Å². The molecule has 0 saturated heterocycles. The second-order valence-electron chi connectivity index (χ2n) is 10.5. The van der Waals surface area contributed by atoms with E-state index < -0.39 is 36.8 Å². The lowest BCUT2D eigenvalue weighted by atomic mass is 10.0. The number of halogens is 1. The lowest BCUT2D eigenvalue weighted by molar-refractivity contribution is -0.136. The molecule has 10 nitrogen and oxygen atoms in total. The number of anilines is 3. The predicted octanol–water partition coefficient (Wildman–Crippen LogP) is 4.29. The van der Waals surface area contributed by atoms with E-state index in [0.717, 1.165) is 43.9 Å². The van der Waals surface area contributed by atoms with E-state index in [1.54, 1.807) is 23.1 Å². The standard InChI is InChI=1S/C32H28FN5O5/c1-20-14-21(31(42)37-17-24-7-5-13-35(24)16-23-6-2-3-9-26(23)37)11-12-22(20)15-34-32(43)38-18-28(39)36(19-29(40)41)27-10-4-8-25(33)30(27)38/h2-14H,15-19H2,1H3,(H,34,43)(H,40,41). The molecule has 43 heavy (non-hydrogen) atoms. The maximum Gasteiger partial charge on any atom is 0.323 e. The van der Waals surface area contributed by atoms with Gasteiger partial charge in [0.2, 0.25) is 5.91 Å². The molecule has 0 radical (unpaired) electrons. The normalized spacial score (nSPS) is 14.0. The van der Waals surface area contributed by atoms with Gasteiger partial charge in [0.25, 0.3) is 5.91 Å². The Morgan fingerprint density at radius 2 is 1.70 bits per heavy atom. The van der Waals surface area contributed by atoms with Gasteiger partial charge < -0.3 is 19.9 Å². The van der Waals surface area contributed by atoms with Crippen molar-refractivity contribution in [3.63, 3.8) is 0 Å². The third kappa shape index (κ3) is 5.21. The monoisotopic (exact) mass is 581 g/mol. The highest BCUT2D eigenvalue weighted by Crippen LogP contribution is 2.36. The average molecular weight is 582 g/mol. The van der Waals surface area contributed by atoms with Gasteiger partial charge in [-0.1, -0.05) is 30.3 Å². The van der Waals surface area contributed by atoms with Crippen LogP contribution in [0.25, 0.3) is 0 Å². The number of carbonyl (C=O) groups is 4. The Hall–Kier alpha value is -5.45. The number of nitrogens with zero attached hydrogens (tertiary/aromatic N) is 4. The van der Waals surface area contributed by atoms with E-state index in [0.29, 0.717) is 18.7 Å². The van der Waals surface area contributed by atoms with Gasteiger partial charge in [-0.05, 0) is 66.1 Å². The molecule has 0 aliphatic carbocycles. The number of fused-ring (bicyclic) bond motifs is 3. The molecular weight excluding hydrogens is 553 g/mol. The Bertz CT molecular complexity index is 1780. The van der Waals surface area contributed by atoms with Crippen LogP contribution in [0.15, 0.2) is 79.0 Å². The molecule has 6 rings (SSSR count). The Morgan fingerprint density at radius 3 is 2.49 bits per heavy atom. The number of hydrogen-bond acceptors (Lipinski definition) is 4. The minimum absolute atomic E-state index is 0.00945. The lowest BCUT2D eigenvalue weighted by Crippen LogP contribution is -2.52. The quantitative estimate of drug-likeness (QED) is 0.365. The van der Waals surface area contributed by atoms with Gasteiger partial charge in [0.05, 0.1) is 12.2 Å². The number of para-hydroxylation sites is 2. The number of aromatic nitrogens is 1. The fourth-order valence-corrected chi connectivity index (χ4v) is 5.62. The highest BCUT2D eigenvalue weighted by atomic mass is 19.1. The van der Waals surface area contributed by atoms with Crippen molar-refractivity contribution >= 4 is 40.9 Å². The van der Waals surface area contributed by atoms with Crippen LogP contribution in [-0.4, -0.2) is 46.6 Å². The first-order valence-electron chi connectivity index (χ1n) is 13.7.